The molecule has 3 unspecified atom stereocenters. The fraction of sp³-hybridized carbons (Fsp3) is 0.682. The average Bonchev–Trinajstić information content (AvgIpc) is 3.40. The van der Waals surface area contributed by atoms with E-state index in [1.807, 2.05) is 0 Å². The van der Waals surface area contributed by atoms with Crippen LogP contribution in [-0.4, -0.2) is 48.8 Å². The molecule has 2 aliphatic heterocycles. The quantitative estimate of drug-likeness (QED) is 0.660. The highest BCUT2D eigenvalue weighted by molar-refractivity contribution is 5.77. The molecule has 2 N–H and O–H groups in total. The molecule has 2 aliphatic carbocycles. The van der Waals surface area contributed by atoms with Crippen LogP contribution >= 0.6 is 0 Å². The van der Waals surface area contributed by atoms with Crippen LogP contribution in [0.4, 0.5) is 18.9 Å². The van der Waals surface area contributed by atoms with E-state index in [2.05, 4.69) is 15.5 Å². The number of alkyl halides is 3. The number of likely N-dealkylation sites (tertiary alicyclic amines) is 1. The largest absolute Gasteiger partial charge is 0.416 e. The number of fused-ring (bicyclic) bond motifs is 1. The number of hydrogen-bond acceptors (Lipinski definition) is 4. The second kappa shape index (κ2) is 7.41. The van der Waals surface area contributed by atoms with E-state index >= 15 is 0 Å². The van der Waals surface area contributed by atoms with Gasteiger partial charge >= 0.3 is 6.18 Å². The van der Waals surface area contributed by atoms with Crippen LogP contribution < -0.4 is 10.6 Å². The summed E-state index contributed by atoms with van der Waals surface area (Å²) in [5.74, 6) is 1.80. The zero-order valence-corrected chi connectivity index (χ0v) is 16.9. The molecule has 0 radical (unpaired) electrons. The van der Waals surface area contributed by atoms with E-state index in [-0.39, 0.29) is 12.5 Å². The Kier molecular flexibility index (Phi) is 4.97. The van der Waals surface area contributed by atoms with E-state index < -0.39 is 17.5 Å². The first-order chi connectivity index (χ1) is 14.3. The van der Waals surface area contributed by atoms with Gasteiger partial charge in [0.05, 0.1) is 18.7 Å². The highest BCUT2D eigenvalue weighted by Gasteiger charge is 2.57. The zero-order valence-electron chi connectivity index (χ0n) is 16.9. The fourth-order valence-corrected chi connectivity index (χ4v) is 5.42. The van der Waals surface area contributed by atoms with Crippen molar-refractivity contribution in [3.8, 4) is 0 Å². The monoisotopic (exact) mass is 423 g/mol. The number of amides is 1. The molecule has 3 atom stereocenters. The number of nitrogens with zero attached hydrogens (tertiary/aromatic N) is 1. The minimum absolute atomic E-state index is 0.00235. The molecule has 0 bridgehead atoms. The normalized spacial score (nSPS) is 33.4. The maximum absolute atomic E-state index is 12.9. The van der Waals surface area contributed by atoms with Crippen LogP contribution in [0.3, 0.4) is 0 Å². The van der Waals surface area contributed by atoms with Crippen LogP contribution in [0.15, 0.2) is 24.3 Å². The third-order valence-electron chi connectivity index (χ3n) is 7.29. The Morgan fingerprint density at radius 2 is 1.90 bits per heavy atom. The molecule has 30 heavy (non-hydrogen) atoms. The minimum Gasteiger partial charge on any atom is -0.354 e. The number of hydrogen-bond donors (Lipinski definition) is 2. The lowest BCUT2D eigenvalue weighted by Gasteiger charge is -2.26. The van der Waals surface area contributed by atoms with Crippen molar-refractivity contribution in [3.63, 3.8) is 0 Å². The molecule has 5 rings (SSSR count). The van der Waals surface area contributed by atoms with Crippen molar-refractivity contribution in [2.45, 2.75) is 50.0 Å². The van der Waals surface area contributed by atoms with E-state index in [0.29, 0.717) is 36.5 Å². The first kappa shape index (κ1) is 20.1. The Hall–Kier alpha value is -1.80. The van der Waals surface area contributed by atoms with Crippen molar-refractivity contribution in [2.24, 2.45) is 17.8 Å². The molecule has 2 saturated carbocycles. The Balaban J connectivity index is 1.07. The predicted molar refractivity (Wildman–Crippen MR) is 106 cm³/mol. The third kappa shape index (κ3) is 4.17. The molecular formula is C22H28F3N3O2. The lowest BCUT2D eigenvalue weighted by atomic mass is 10.1. The smallest absolute Gasteiger partial charge is 0.354 e. The molecule has 2 saturated heterocycles. The summed E-state index contributed by atoms with van der Waals surface area (Å²) in [5.41, 5.74) is -1.18. The van der Waals surface area contributed by atoms with Gasteiger partial charge in [0.2, 0.25) is 5.91 Å². The molecule has 1 aromatic carbocycles. The van der Waals surface area contributed by atoms with Crippen LogP contribution in [0.25, 0.3) is 0 Å². The highest BCUT2D eigenvalue weighted by atomic mass is 19.4. The van der Waals surface area contributed by atoms with Crippen molar-refractivity contribution < 1.29 is 22.7 Å². The number of epoxide rings is 1. The number of carbonyl (C=O) groups is 1. The standard InChI is InChI=1S/C22H28F3N3O2/c23-22(24,25)14-4-3-5-15(8-14)27-21(13-30-21)12-26-20(29)9-17-18-10-28(11-19(17)18)16-6-1-2-7-16/h3-5,8,16-19,27H,1-2,6-7,9-13H2,(H,26,29). The Morgan fingerprint density at radius 3 is 2.53 bits per heavy atom. The summed E-state index contributed by atoms with van der Waals surface area (Å²) in [6.45, 7) is 2.88. The molecule has 2 heterocycles. The predicted octanol–water partition coefficient (Wildman–Crippen LogP) is 3.47. The molecule has 4 fully saturated rings. The second-order valence-electron chi connectivity index (χ2n) is 9.35. The zero-order chi connectivity index (χ0) is 20.9. The maximum atomic E-state index is 12.9. The van der Waals surface area contributed by atoms with E-state index in [1.165, 1.54) is 31.7 Å². The van der Waals surface area contributed by atoms with Crippen molar-refractivity contribution in [2.75, 3.05) is 31.6 Å². The summed E-state index contributed by atoms with van der Waals surface area (Å²) in [6, 6.07) is 5.80. The Bertz CT molecular complexity index is 793. The van der Waals surface area contributed by atoms with E-state index in [4.69, 9.17) is 4.74 Å². The molecule has 1 amide bonds. The molecule has 1 aromatic rings. The van der Waals surface area contributed by atoms with Gasteiger partial charge in [-0.25, -0.2) is 0 Å². The van der Waals surface area contributed by atoms with Gasteiger partial charge in [-0.2, -0.15) is 13.2 Å². The molecule has 164 valence electrons. The number of rotatable bonds is 7. The van der Waals surface area contributed by atoms with Gasteiger partial charge in [-0.05, 0) is 48.8 Å². The first-order valence-electron chi connectivity index (χ1n) is 10.9. The SMILES string of the molecule is O=C(CC1C2CN(C3CCCC3)CC12)NCC1(Nc2cccc(C(F)(F)F)c2)CO1. The van der Waals surface area contributed by atoms with Gasteiger partial charge in [0.25, 0.3) is 0 Å². The number of halogens is 3. The van der Waals surface area contributed by atoms with Gasteiger partial charge in [0.15, 0.2) is 5.72 Å². The number of benzene rings is 1. The number of carbonyl (C=O) groups excluding carboxylic acids is 1. The molecule has 0 aromatic heterocycles. The van der Waals surface area contributed by atoms with Gasteiger partial charge in [0.1, 0.15) is 0 Å². The van der Waals surface area contributed by atoms with Crippen molar-refractivity contribution in [1.29, 1.82) is 0 Å². The van der Waals surface area contributed by atoms with E-state index in [9.17, 15) is 18.0 Å². The topological polar surface area (TPSA) is 56.9 Å². The molecule has 8 heteroatoms. The lowest BCUT2D eigenvalue weighted by Crippen LogP contribution is -2.40. The Labute approximate surface area is 174 Å². The van der Waals surface area contributed by atoms with Crippen LogP contribution in [0.5, 0.6) is 0 Å². The van der Waals surface area contributed by atoms with Gasteiger partial charge in [-0.3, -0.25) is 9.69 Å². The van der Waals surface area contributed by atoms with Crippen molar-refractivity contribution in [1.82, 2.24) is 10.2 Å². The van der Waals surface area contributed by atoms with Gasteiger partial charge in [-0.1, -0.05) is 18.9 Å². The summed E-state index contributed by atoms with van der Waals surface area (Å²) in [7, 11) is 0. The van der Waals surface area contributed by atoms with Gasteiger partial charge in [-0.15, -0.1) is 0 Å². The molecule has 4 aliphatic rings. The maximum Gasteiger partial charge on any atom is 0.416 e. The van der Waals surface area contributed by atoms with E-state index in [1.54, 1.807) is 6.07 Å². The molecule has 0 spiro atoms. The van der Waals surface area contributed by atoms with Gasteiger partial charge < -0.3 is 15.4 Å². The number of ether oxygens (including phenoxy) is 1. The van der Waals surface area contributed by atoms with Crippen molar-refractivity contribution in [3.05, 3.63) is 29.8 Å². The third-order valence-corrected chi connectivity index (χ3v) is 7.29. The summed E-state index contributed by atoms with van der Waals surface area (Å²) in [5, 5.41) is 5.91. The second-order valence-corrected chi connectivity index (χ2v) is 9.35. The fourth-order valence-electron chi connectivity index (χ4n) is 5.42. The number of piperidine rings is 1. The Morgan fingerprint density at radius 1 is 1.20 bits per heavy atom. The summed E-state index contributed by atoms with van der Waals surface area (Å²) in [6.07, 6.45) is 1.49. The minimum atomic E-state index is -4.39. The van der Waals surface area contributed by atoms with Gasteiger partial charge in [0, 0.05) is 31.2 Å². The number of anilines is 1. The van der Waals surface area contributed by atoms with Crippen LogP contribution in [0, 0.1) is 17.8 Å². The summed E-state index contributed by atoms with van der Waals surface area (Å²) >= 11 is 0. The number of nitrogens with one attached hydrogen (secondary N) is 2. The first-order valence-corrected chi connectivity index (χ1v) is 10.9. The summed E-state index contributed by atoms with van der Waals surface area (Å²) < 4.78 is 44.1. The highest BCUT2D eigenvalue weighted by Crippen LogP contribution is 2.54. The lowest BCUT2D eigenvalue weighted by molar-refractivity contribution is -0.137. The van der Waals surface area contributed by atoms with E-state index in [0.717, 1.165) is 31.3 Å². The molecular weight excluding hydrogens is 395 g/mol. The van der Waals surface area contributed by atoms with Crippen LogP contribution in [0.1, 0.15) is 37.7 Å². The average molecular weight is 423 g/mol. The van der Waals surface area contributed by atoms with Crippen LogP contribution in [-0.2, 0) is 15.7 Å². The summed E-state index contributed by atoms with van der Waals surface area (Å²) in [4.78, 5) is 15.0. The van der Waals surface area contributed by atoms with Crippen LogP contribution in [0.2, 0.25) is 0 Å². The van der Waals surface area contributed by atoms with Crippen molar-refractivity contribution >= 4 is 11.6 Å². The molecule has 5 nitrogen and oxygen atoms in total.